The third-order valence-corrected chi connectivity index (χ3v) is 5.32. The highest BCUT2D eigenvalue weighted by Gasteiger charge is 2.20. The van der Waals surface area contributed by atoms with Crippen molar-refractivity contribution in [3.63, 3.8) is 0 Å². The standard InChI is InChI=1S/C19H25N3OS/c1-13(19-7-2-3-10-22-19)23-14-5-4-6-15(11-14)24-16-8-9-17(20)18(21)12-16/h4-6,8-9,11-13,19,22H,2-3,7,10,20-21H2,1H3. The van der Waals surface area contributed by atoms with Crippen LogP contribution in [0.4, 0.5) is 11.4 Å². The molecule has 3 rings (SSSR count). The second-order valence-electron chi connectivity index (χ2n) is 6.25. The number of nitrogens with two attached hydrogens (primary N) is 2. The van der Waals surface area contributed by atoms with E-state index in [1.165, 1.54) is 19.3 Å². The molecule has 1 aliphatic rings. The largest absolute Gasteiger partial charge is 0.489 e. The highest BCUT2D eigenvalue weighted by Crippen LogP contribution is 2.32. The van der Waals surface area contributed by atoms with Crippen LogP contribution >= 0.6 is 11.8 Å². The molecule has 0 saturated carbocycles. The van der Waals surface area contributed by atoms with Gasteiger partial charge in [0.2, 0.25) is 0 Å². The van der Waals surface area contributed by atoms with Crippen LogP contribution in [-0.4, -0.2) is 18.7 Å². The molecular formula is C19H25N3OS. The van der Waals surface area contributed by atoms with Crippen LogP contribution in [0.1, 0.15) is 26.2 Å². The van der Waals surface area contributed by atoms with Gasteiger partial charge in [0.1, 0.15) is 11.9 Å². The van der Waals surface area contributed by atoms with Crippen molar-refractivity contribution in [1.29, 1.82) is 0 Å². The average Bonchev–Trinajstić information content (AvgIpc) is 2.59. The van der Waals surface area contributed by atoms with Crippen LogP contribution in [0, 0.1) is 0 Å². The van der Waals surface area contributed by atoms with Crippen molar-refractivity contribution < 1.29 is 4.74 Å². The average molecular weight is 343 g/mol. The van der Waals surface area contributed by atoms with E-state index in [0.717, 1.165) is 22.1 Å². The van der Waals surface area contributed by atoms with E-state index in [0.29, 0.717) is 17.4 Å². The van der Waals surface area contributed by atoms with Gasteiger partial charge in [-0.3, -0.25) is 0 Å². The first-order valence-corrected chi connectivity index (χ1v) is 9.26. The predicted octanol–water partition coefficient (Wildman–Crippen LogP) is 3.91. The zero-order valence-corrected chi connectivity index (χ0v) is 14.8. The van der Waals surface area contributed by atoms with E-state index < -0.39 is 0 Å². The first-order valence-electron chi connectivity index (χ1n) is 8.45. The van der Waals surface area contributed by atoms with Crippen LogP contribution in [0.3, 0.4) is 0 Å². The Hall–Kier alpha value is -1.85. The Morgan fingerprint density at radius 1 is 1.08 bits per heavy atom. The van der Waals surface area contributed by atoms with Crippen LogP contribution in [0.2, 0.25) is 0 Å². The molecule has 128 valence electrons. The Morgan fingerprint density at radius 3 is 2.67 bits per heavy atom. The quantitative estimate of drug-likeness (QED) is 0.718. The summed E-state index contributed by atoms with van der Waals surface area (Å²) in [6.07, 6.45) is 3.89. The maximum atomic E-state index is 6.15. The number of nitrogens with one attached hydrogen (secondary N) is 1. The number of benzene rings is 2. The molecule has 5 N–H and O–H groups in total. The molecule has 2 aromatic rings. The Balaban J connectivity index is 1.66. The van der Waals surface area contributed by atoms with Gasteiger partial charge in [-0.1, -0.05) is 24.2 Å². The van der Waals surface area contributed by atoms with Gasteiger partial charge in [-0.05, 0) is 62.7 Å². The summed E-state index contributed by atoms with van der Waals surface area (Å²) >= 11 is 1.66. The Kier molecular flexibility index (Phi) is 5.53. The van der Waals surface area contributed by atoms with Gasteiger partial charge in [0.25, 0.3) is 0 Å². The van der Waals surface area contributed by atoms with Crippen molar-refractivity contribution in [2.24, 2.45) is 0 Å². The van der Waals surface area contributed by atoms with Crippen molar-refractivity contribution in [1.82, 2.24) is 5.32 Å². The van der Waals surface area contributed by atoms with Gasteiger partial charge in [0, 0.05) is 15.8 Å². The topological polar surface area (TPSA) is 73.3 Å². The number of hydrogen-bond donors (Lipinski definition) is 3. The van der Waals surface area contributed by atoms with Gasteiger partial charge in [-0.2, -0.15) is 0 Å². The molecule has 24 heavy (non-hydrogen) atoms. The molecule has 1 heterocycles. The third kappa shape index (κ3) is 4.36. The molecule has 2 aromatic carbocycles. The van der Waals surface area contributed by atoms with Gasteiger partial charge in [0.05, 0.1) is 11.4 Å². The first-order chi connectivity index (χ1) is 11.6. The minimum absolute atomic E-state index is 0.165. The lowest BCUT2D eigenvalue weighted by molar-refractivity contribution is 0.152. The van der Waals surface area contributed by atoms with Gasteiger partial charge in [-0.15, -0.1) is 0 Å². The summed E-state index contributed by atoms with van der Waals surface area (Å²) in [5, 5.41) is 3.55. The highest BCUT2D eigenvalue weighted by atomic mass is 32.2. The number of piperidine rings is 1. The molecule has 4 nitrogen and oxygen atoms in total. The summed E-state index contributed by atoms with van der Waals surface area (Å²) in [4.78, 5) is 2.20. The maximum absolute atomic E-state index is 6.15. The predicted molar refractivity (Wildman–Crippen MR) is 102 cm³/mol. The van der Waals surface area contributed by atoms with Crippen LogP contribution in [0.15, 0.2) is 52.3 Å². The van der Waals surface area contributed by atoms with Gasteiger partial charge in [0.15, 0.2) is 0 Å². The van der Waals surface area contributed by atoms with Crippen molar-refractivity contribution >= 4 is 23.1 Å². The molecule has 0 aliphatic carbocycles. The van der Waals surface area contributed by atoms with Crippen molar-refractivity contribution in [2.45, 2.75) is 48.1 Å². The highest BCUT2D eigenvalue weighted by molar-refractivity contribution is 7.99. The molecule has 0 aromatic heterocycles. The van der Waals surface area contributed by atoms with Gasteiger partial charge < -0.3 is 21.5 Å². The fourth-order valence-electron chi connectivity index (χ4n) is 2.94. The summed E-state index contributed by atoms with van der Waals surface area (Å²) < 4.78 is 6.15. The monoisotopic (exact) mass is 343 g/mol. The van der Waals surface area contributed by atoms with Crippen LogP contribution in [-0.2, 0) is 0 Å². The van der Waals surface area contributed by atoms with Crippen molar-refractivity contribution in [2.75, 3.05) is 18.0 Å². The molecule has 2 atom stereocenters. The maximum Gasteiger partial charge on any atom is 0.120 e. The van der Waals surface area contributed by atoms with E-state index in [4.69, 9.17) is 16.2 Å². The van der Waals surface area contributed by atoms with Crippen molar-refractivity contribution in [3.05, 3.63) is 42.5 Å². The minimum Gasteiger partial charge on any atom is -0.489 e. The minimum atomic E-state index is 0.165. The van der Waals surface area contributed by atoms with E-state index >= 15 is 0 Å². The molecular weight excluding hydrogens is 318 g/mol. The second kappa shape index (κ2) is 7.81. The third-order valence-electron chi connectivity index (χ3n) is 4.34. The van der Waals surface area contributed by atoms with Crippen LogP contribution < -0.4 is 21.5 Å². The lowest BCUT2D eigenvalue weighted by atomic mass is 10.0. The lowest BCUT2D eigenvalue weighted by Gasteiger charge is -2.29. The summed E-state index contributed by atoms with van der Waals surface area (Å²) in [5.74, 6) is 0.906. The number of nitrogen functional groups attached to an aromatic ring is 2. The Bertz CT molecular complexity index is 686. The molecule has 1 fully saturated rings. The Morgan fingerprint density at radius 2 is 1.92 bits per heavy atom. The summed E-state index contributed by atoms with van der Waals surface area (Å²) in [7, 11) is 0. The van der Waals surface area contributed by atoms with E-state index in [-0.39, 0.29) is 6.10 Å². The molecule has 1 saturated heterocycles. The Labute approximate surface area is 148 Å². The number of rotatable bonds is 5. The first kappa shape index (κ1) is 17.0. The van der Waals surface area contributed by atoms with Gasteiger partial charge >= 0.3 is 0 Å². The zero-order chi connectivity index (χ0) is 16.9. The van der Waals surface area contributed by atoms with E-state index in [9.17, 15) is 0 Å². The number of ether oxygens (including phenoxy) is 1. The van der Waals surface area contributed by atoms with E-state index in [1.54, 1.807) is 11.8 Å². The summed E-state index contributed by atoms with van der Waals surface area (Å²) in [6, 6.07) is 14.4. The zero-order valence-electron chi connectivity index (χ0n) is 14.0. The molecule has 0 radical (unpaired) electrons. The molecule has 0 bridgehead atoms. The molecule has 0 spiro atoms. The SMILES string of the molecule is CC(Oc1cccc(Sc2ccc(N)c(N)c2)c1)C1CCCCN1. The van der Waals surface area contributed by atoms with Gasteiger partial charge in [-0.25, -0.2) is 0 Å². The summed E-state index contributed by atoms with van der Waals surface area (Å²) in [6.45, 7) is 3.23. The number of hydrogen-bond acceptors (Lipinski definition) is 5. The molecule has 1 aliphatic heterocycles. The summed E-state index contributed by atoms with van der Waals surface area (Å²) in [5.41, 5.74) is 12.9. The molecule has 2 unspecified atom stereocenters. The van der Waals surface area contributed by atoms with E-state index in [2.05, 4.69) is 24.4 Å². The fraction of sp³-hybridized carbons (Fsp3) is 0.368. The van der Waals surface area contributed by atoms with Crippen LogP contribution in [0.25, 0.3) is 0 Å². The van der Waals surface area contributed by atoms with Crippen LogP contribution in [0.5, 0.6) is 5.75 Å². The molecule has 0 amide bonds. The normalized spacial score (nSPS) is 19.0. The smallest absolute Gasteiger partial charge is 0.120 e. The fourth-order valence-corrected chi connectivity index (χ4v) is 3.86. The van der Waals surface area contributed by atoms with E-state index in [1.807, 2.05) is 30.3 Å². The molecule has 5 heteroatoms. The lowest BCUT2D eigenvalue weighted by Crippen LogP contribution is -2.44. The number of anilines is 2. The van der Waals surface area contributed by atoms with Crippen molar-refractivity contribution in [3.8, 4) is 5.75 Å². The second-order valence-corrected chi connectivity index (χ2v) is 7.39.